The number of nitro benzene ring substituents is 1. The van der Waals surface area contributed by atoms with Gasteiger partial charge in [0, 0.05) is 18.1 Å². The van der Waals surface area contributed by atoms with E-state index in [1.54, 1.807) is 6.92 Å². The van der Waals surface area contributed by atoms with Crippen molar-refractivity contribution in [2.45, 2.75) is 24.9 Å². The molecule has 10 heteroatoms. The molecule has 2 aliphatic heterocycles. The third-order valence-corrected chi connectivity index (χ3v) is 5.64. The van der Waals surface area contributed by atoms with E-state index in [-0.39, 0.29) is 29.3 Å². The molecule has 3 aliphatic rings. The molecule has 1 saturated heterocycles. The fourth-order valence-electron chi connectivity index (χ4n) is 4.19. The Balaban J connectivity index is 1.90. The summed E-state index contributed by atoms with van der Waals surface area (Å²) in [6.07, 6.45) is -0.333. The molecule has 2 fully saturated rings. The van der Waals surface area contributed by atoms with E-state index in [0.29, 0.717) is 5.56 Å². The van der Waals surface area contributed by atoms with Gasteiger partial charge in [0.05, 0.1) is 34.8 Å². The average molecular weight is 374 g/mol. The predicted octanol–water partition coefficient (Wildman–Crippen LogP) is 1.83. The Kier molecular flexibility index (Phi) is 3.17. The van der Waals surface area contributed by atoms with Crippen molar-refractivity contribution < 1.29 is 14.4 Å². The van der Waals surface area contributed by atoms with Crippen LogP contribution in [0.15, 0.2) is 23.2 Å². The first kappa shape index (κ1) is 16.7. The number of rotatable bonds is 2. The zero-order valence-corrected chi connectivity index (χ0v) is 14.2. The van der Waals surface area contributed by atoms with Crippen LogP contribution in [0, 0.1) is 43.6 Å². The maximum atomic E-state index is 10.9. The van der Waals surface area contributed by atoms with Gasteiger partial charge in [-0.2, -0.15) is 10.5 Å². The van der Waals surface area contributed by atoms with Gasteiger partial charge in [-0.05, 0) is 12.5 Å². The summed E-state index contributed by atoms with van der Waals surface area (Å²) in [5, 5.41) is 30.9. The fraction of sp³-hybridized carbons (Fsp3) is 0.438. The second-order valence-corrected chi connectivity index (χ2v) is 6.96. The van der Waals surface area contributed by atoms with Crippen LogP contribution >= 0.6 is 11.6 Å². The summed E-state index contributed by atoms with van der Waals surface area (Å²) in [5.41, 5.74) is 3.27. The lowest BCUT2D eigenvalue weighted by Gasteiger charge is -2.26. The van der Waals surface area contributed by atoms with E-state index in [0.717, 1.165) is 0 Å². The Morgan fingerprint density at radius 2 is 2.19 bits per heavy atom. The minimum atomic E-state index is -1.68. The highest BCUT2D eigenvalue weighted by Crippen LogP contribution is 2.83. The Bertz CT molecular complexity index is 968. The Morgan fingerprint density at radius 3 is 2.69 bits per heavy atom. The van der Waals surface area contributed by atoms with Gasteiger partial charge in [0.2, 0.25) is 0 Å². The van der Waals surface area contributed by atoms with Crippen LogP contribution in [0.1, 0.15) is 18.4 Å². The molecule has 1 aliphatic carbocycles. The van der Waals surface area contributed by atoms with Gasteiger partial charge in [-0.1, -0.05) is 17.7 Å². The van der Waals surface area contributed by atoms with Gasteiger partial charge in [0.1, 0.15) is 11.3 Å². The molecule has 0 amide bonds. The average Bonchev–Trinajstić information content (AvgIpc) is 2.97. The number of hydrogen-bond acceptors (Lipinski definition) is 8. The Morgan fingerprint density at radius 1 is 1.46 bits per heavy atom. The first-order chi connectivity index (χ1) is 12.3. The van der Waals surface area contributed by atoms with Gasteiger partial charge < -0.3 is 15.2 Å². The molecule has 2 N–H and O–H groups in total. The quantitative estimate of drug-likeness (QED) is 0.613. The summed E-state index contributed by atoms with van der Waals surface area (Å²) < 4.78 is 11.5. The largest absolute Gasteiger partial charge is 0.386 e. The first-order valence-corrected chi connectivity index (χ1v) is 8.11. The lowest BCUT2D eigenvalue weighted by Crippen LogP contribution is -2.39. The van der Waals surface area contributed by atoms with Crippen molar-refractivity contribution in [3.05, 3.63) is 38.9 Å². The van der Waals surface area contributed by atoms with Crippen molar-refractivity contribution in [3.63, 3.8) is 0 Å². The molecule has 1 spiro atoms. The summed E-state index contributed by atoms with van der Waals surface area (Å²) in [4.78, 5) is 14.6. The minimum absolute atomic E-state index is 0.0601. The number of nitro groups is 1. The van der Waals surface area contributed by atoms with E-state index < -0.39 is 27.6 Å². The van der Waals surface area contributed by atoms with E-state index in [1.807, 2.05) is 0 Å². The molecule has 4 rings (SSSR count). The number of ether oxygens (including phenoxy) is 2. The van der Waals surface area contributed by atoms with Gasteiger partial charge in [-0.25, -0.2) is 4.99 Å². The van der Waals surface area contributed by atoms with Gasteiger partial charge in [-0.15, -0.1) is 0 Å². The van der Waals surface area contributed by atoms with Gasteiger partial charge in [0.25, 0.3) is 11.6 Å². The number of nitrogens with two attached hydrogens (primary N) is 1. The number of fused-ring (bicyclic) bond motifs is 2. The molecule has 1 aromatic carbocycles. The number of nitrogens with zero attached hydrogens (tertiary/aromatic N) is 4. The number of halogens is 1. The van der Waals surface area contributed by atoms with Crippen molar-refractivity contribution in [2.75, 3.05) is 6.61 Å². The summed E-state index contributed by atoms with van der Waals surface area (Å²) in [6, 6.07) is 8.13. The molecule has 0 unspecified atom stereocenters. The molecule has 1 saturated carbocycles. The van der Waals surface area contributed by atoms with Crippen molar-refractivity contribution >= 4 is 23.1 Å². The molecule has 1 aromatic rings. The van der Waals surface area contributed by atoms with Crippen LogP contribution in [-0.2, 0) is 9.47 Å². The number of non-ortho nitro benzene ring substituents is 1. The van der Waals surface area contributed by atoms with E-state index >= 15 is 0 Å². The number of nitriles is 2. The number of aliphatic imine (C=N–C) groups is 1. The van der Waals surface area contributed by atoms with Crippen LogP contribution in [0.2, 0.25) is 5.02 Å². The first-order valence-electron chi connectivity index (χ1n) is 7.73. The van der Waals surface area contributed by atoms with Crippen LogP contribution < -0.4 is 5.73 Å². The normalized spacial score (nSPS) is 39.8. The Labute approximate surface area is 152 Å². The highest BCUT2D eigenvalue weighted by atomic mass is 35.5. The van der Waals surface area contributed by atoms with Crippen LogP contribution in [0.25, 0.3) is 0 Å². The van der Waals surface area contributed by atoms with Gasteiger partial charge in [0.15, 0.2) is 5.41 Å². The van der Waals surface area contributed by atoms with Crippen LogP contribution in [0.4, 0.5) is 5.69 Å². The summed E-state index contributed by atoms with van der Waals surface area (Å²) in [5.74, 6) is -2.52. The molecule has 5 atom stereocenters. The zero-order chi connectivity index (χ0) is 18.9. The number of amidine groups is 1. The molecule has 2 heterocycles. The second kappa shape index (κ2) is 4.92. The summed E-state index contributed by atoms with van der Waals surface area (Å²) >= 11 is 6.24. The summed E-state index contributed by atoms with van der Waals surface area (Å²) in [7, 11) is 0. The van der Waals surface area contributed by atoms with Crippen molar-refractivity contribution in [1.82, 2.24) is 0 Å². The minimum Gasteiger partial charge on any atom is -0.386 e. The van der Waals surface area contributed by atoms with E-state index in [2.05, 4.69) is 17.1 Å². The molecular weight excluding hydrogens is 362 g/mol. The van der Waals surface area contributed by atoms with E-state index in [1.165, 1.54) is 18.2 Å². The molecule has 0 radical (unpaired) electrons. The van der Waals surface area contributed by atoms with Crippen LogP contribution in [0.3, 0.4) is 0 Å². The third-order valence-electron chi connectivity index (χ3n) is 5.31. The predicted molar refractivity (Wildman–Crippen MR) is 87.8 cm³/mol. The van der Waals surface area contributed by atoms with Crippen molar-refractivity contribution in [1.29, 1.82) is 10.5 Å². The van der Waals surface area contributed by atoms with Gasteiger partial charge in [-0.3, -0.25) is 10.1 Å². The van der Waals surface area contributed by atoms with Crippen molar-refractivity contribution in [3.8, 4) is 12.1 Å². The highest BCUT2D eigenvalue weighted by molar-refractivity contribution is 6.31. The van der Waals surface area contributed by atoms with E-state index in [4.69, 9.17) is 26.8 Å². The standard InChI is InChI=1S/C16H12ClN5O4/c1-8-5-25-16(26-8)15(7-19)12(14(15,6-18)13(20)21-16)10-3-2-9(22(23)24)4-11(10)17/h2-4,8,12H,5H2,1H3,(H2,20,21)/t8-,12+,14+,15+,16-/m0/s1. The van der Waals surface area contributed by atoms with E-state index in [9.17, 15) is 20.6 Å². The SMILES string of the molecule is C[C@H]1CO[C@]2(N=C(N)[C@@]3(C#N)[C@@H](c4ccc([N+](=O)[O-])cc4Cl)[C@@]23C#N)O1. The van der Waals surface area contributed by atoms with Crippen LogP contribution in [0.5, 0.6) is 0 Å². The Hall–Kier alpha value is -2.72. The molecular formula is C16H12ClN5O4. The summed E-state index contributed by atoms with van der Waals surface area (Å²) in [6.45, 7) is 1.95. The fourth-order valence-corrected chi connectivity index (χ4v) is 4.48. The number of benzene rings is 1. The molecule has 132 valence electrons. The maximum Gasteiger partial charge on any atom is 0.293 e. The molecule has 0 aromatic heterocycles. The van der Waals surface area contributed by atoms with Crippen molar-refractivity contribution in [2.24, 2.45) is 21.6 Å². The maximum absolute atomic E-state index is 10.9. The lowest BCUT2D eigenvalue weighted by atomic mass is 9.94. The molecule has 0 bridgehead atoms. The van der Waals surface area contributed by atoms with Gasteiger partial charge >= 0.3 is 0 Å². The zero-order valence-electron chi connectivity index (χ0n) is 13.5. The molecule has 9 nitrogen and oxygen atoms in total. The monoisotopic (exact) mass is 373 g/mol. The highest BCUT2D eigenvalue weighted by Gasteiger charge is 2.94. The third kappa shape index (κ3) is 1.59. The smallest absolute Gasteiger partial charge is 0.293 e. The number of hydrogen-bond donors (Lipinski definition) is 1. The molecule has 26 heavy (non-hydrogen) atoms. The topological polar surface area (TPSA) is 148 Å². The van der Waals surface area contributed by atoms with Crippen LogP contribution in [-0.4, -0.2) is 29.4 Å². The second-order valence-electron chi connectivity index (χ2n) is 6.55. The lowest BCUT2D eigenvalue weighted by molar-refractivity contribution is -0.384.